The van der Waals surface area contributed by atoms with Crippen LogP contribution in [-0.4, -0.2) is 34.8 Å². The summed E-state index contributed by atoms with van der Waals surface area (Å²) in [5.74, 6) is -0.625. The number of aryl methyl sites for hydroxylation is 2. The molecule has 0 unspecified atom stereocenters. The van der Waals surface area contributed by atoms with Crippen molar-refractivity contribution in [2.45, 2.75) is 26.5 Å². The standard InChI is InChI=1S/C16H18N2O5/c1-10-13(11(2)23-18-10)9-22-16(21)14(8-19)17-15(20)12-6-4-3-5-7-12/h3-7,14,19H,8-9H2,1-2H3,(H,17,20)/t14-/m1/s1. The molecule has 0 radical (unpaired) electrons. The van der Waals surface area contributed by atoms with Crippen molar-refractivity contribution in [3.63, 3.8) is 0 Å². The van der Waals surface area contributed by atoms with E-state index in [1.54, 1.807) is 44.2 Å². The summed E-state index contributed by atoms with van der Waals surface area (Å²) in [5, 5.41) is 15.5. The van der Waals surface area contributed by atoms with Crippen molar-refractivity contribution in [1.82, 2.24) is 10.5 Å². The fourth-order valence-electron chi connectivity index (χ4n) is 1.96. The lowest BCUT2D eigenvalue weighted by Crippen LogP contribution is -2.44. The van der Waals surface area contributed by atoms with Crippen LogP contribution in [0.5, 0.6) is 0 Å². The van der Waals surface area contributed by atoms with Gasteiger partial charge in [0.15, 0.2) is 6.04 Å². The maximum absolute atomic E-state index is 12.0. The first-order valence-electron chi connectivity index (χ1n) is 7.08. The lowest BCUT2D eigenvalue weighted by molar-refractivity contribution is -0.148. The van der Waals surface area contributed by atoms with Gasteiger partial charge < -0.3 is 19.7 Å². The number of nitrogens with zero attached hydrogens (tertiary/aromatic N) is 1. The molecule has 2 rings (SSSR count). The second kappa shape index (κ2) is 7.55. The minimum atomic E-state index is -1.14. The van der Waals surface area contributed by atoms with Gasteiger partial charge >= 0.3 is 5.97 Å². The van der Waals surface area contributed by atoms with E-state index in [4.69, 9.17) is 9.26 Å². The number of hydrogen-bond acceptors (Lipinski definition) is 6. The Hall–Kier alpha value is -2.67. The first-order chi connectivity index (χ1) is 11.0. The lowest BCUT2D eigenvalue weighted by atomic mass is 10.2. The molecular formula is C16H18N2O5. The van der Waals surface area contributed by atoms with Gasteiger partial charge in [-0.1, -0.05) is 23.4 Å². The van der Waals surface area contributed by atoms with Gasteiger partial charge in [0.2, 0.25) is 0 Å². The Morgan fingerprint density at radius 1 is 1.30 bits per heavy atom. The lowest BCUT2D eigenvalue weighted by Gasteiger charge is -2.15. The number of nitrogens with one attached hydrogen (secondary N) is 1. The number of esters is 1. The smallest absolute Gasteiger partial charge is 0.331 e. The summed E-state index contributed by atoms with van der Waals surface area (Å²) in [6.45, 7) is 2.86. The van der Waals surface area contributed by atoms with Crippen LogP contribution in [0.1, 0.15) is 27.4 Å². The number of carbonyl (C=O) groups excluding carboxylic acids is 2. The van der Waals surface area contributed by atoms with Crippen LogP contribution in [0.15, 0.2) is 34.9 Å². The zero-order valence-electron chi connectivity index (χ0n) is 12.9. The Kier molecular flexibility index (Phi) is 5.48. The molecule has 1 aromatic heterocycles. The molecule has 1 aromatic carbocycles. The second-order valence-electron chi connectivity index (χ2n) is 4.99. The fraction of sp³-hybridized carbons (Fsp3) is 0.312. The summed E-state index contributed by atoms with van der Waals surface area (Å²) >= 11 is 0. The number of aliphatic hydroxyl groups excluding tert-OH is 1. The molecule has 7 heteroatoms. The quantitative estimate of drug-likeness (QED) is 0.774. The molecule has 0 fully saturated rings. The second-order valence-corrected chi connectivity index (χ2v) is 4.99. The van der Waals surface area contributed by atoms with Crippen LogP contribution >= 0.6 is 0 Å². The Morgan fingerprint density at radius 3 is 2.57 bits per heavy atom. The topological polar surface area (TPSA) is 102 Å². The Bertz CT molecular complexity index is 662. The molecule has 1 heterocycles. The molecule has 0 saturated heterocycles. The average Bonchev–Trinajstić information content (AvgIpc) is 2.89. The maximum atomic E-state index is 12.0. The van der Waals surface area contributed by atoms with Gasteiger partial charge in [-0.25, -0.2) is 4.79 Å². The normalized spacial score (nSPS) is 11.8. The first-order valence-corrected chi connectivity index (χ1v) is 7.08. The van der Waals surface area contributed by atoms with E-state index in [2.05, 4.69) is 10.5 Å². The van der Waals surface area contributed by atoms with Gasteiger partial charge in [-0.3, -0.25) is 4.79 Å². The number of hydrogen-bond donors (Lipinski definition) is 2. The molecule has 0 aliphatic carbocycles. The number of aliphatic hydroxyl groups is 1. The highest BCUT2D eigenvalue weighted by Gasteiger charge is 2.23. The zero-order valence-corrected chi connectivity index (χ0v) is 12.9. The summed E-state index contributed by atoms with van der Waals surface area (Å²) in [7, 11) is 0. The van der Waals surface area contributed by atoms with Crippen molar-refractivity contribution in [2.75, 3.05) is 6.61 Å². The highest BCUT2D eigenvalue weighted by molar-refractivity contribution is 5.96. The predicted molar refractivity (Wildman–Crippen MR) is 80.6 cm³/mol. The van der Waals surface area contributed by atoms with Crippen molar-refractivity contribution in [3.8, 4) is 0 Å². The summed E-state index contributed by atoms with van der Waals surface area (Å²) in [6, 6.07) is 7.27. The summed E-state index contributed by atoms with van der Waals surface area (Å²) in [4.78, 5) is 24.0. The third kappa shape index (κ3) is 4.17. The molecule has 0 aliphatic rings. The molecule has 1 atom stereocenters. The highest BCUT2D eigenvalue weighted by Crippen LogP contribution is 2.13. The summed E-state index contributed by atoms with van der Waals surface area (Å²) in [5.41, 5.74) is 1.69. The van der Waals surface area contributed by atoms with Crippen LogP contribution in [0, 0.1) is 13.8 Å². The van der Waals surface area contributed by atoms with E-state index in [0.29, 0.717) is 22.6 Å². The largest absolute Gasteiger partial charge is 0.459 e. The van der Waals surface area contributed by atoms with E-state index in [1.807, 2.05) is 0 Å². The predicted octanol–water partition coefficient (Wildman–Crippen LogP) is 1.13. The monoisotopic (exact) mass is 318 g/mol. The number of amides is 1. The van der Waals surface area contributed by atoms with Gasteiger partial charge in [-0.15, -0.1) is 0 Å². The van der Waals surface area contributed by atoms with Gasteiger partial charge in [0, 0.05) is 5.56 Å². The van der Waals surface area contributed by atoms with Crippen LogP contribution < -0.4 is 5.32 Å². The number of aromatic nitrogens is 1. The van der Waals surface area contributed by atoms with Crippen LogP contribution in [0.3, 0.4) is 0 Å². The molecule has 1 amide bonds. The minimum Gasteiger partial charge on any atom is -0.459 e. The molecule has 7 nitrogen and oxygen atoms in total. The first kappa shape index (κ1) is 16.7. The van der Waals surface area contributed by atoms with E-state index in [9.17, 15) is 14.7 Å². The minimum absolute atomic E-state index is 0.0301. The molecule has 0 aliphatic heterocycles. The van der Waals surface area contributed by atoms with Gasteiger partial charge in [-0.2, -0.15) is 0 Å². The van der Waals surface area contributed by atoms with E-state index in [0.717, 1.165) is 0 Å². The average molecular weight is 318 g/mol. The van der Waals surface area contributed by atoms with Crippen LogP contribution in [0.2, 0.25) is 0 Å². The molecule has 2 aromatic rings. The van der Waals surface area contributed by atoms with Gasteiger partial charge in [0.25, 0.3) is 5.91 Å². The molecular weight excluding hydrogens is 300 g/mol. The third-order valence-electron chi connectivity index (χ3n) is 3.35. The van der Waals surface area contributed by atoms with Crippen LogP contribution in [0.4, 0.5) is 0 Å². The number of ether oxygens (including phenoxy) is 1. The van der Waals surface area contributed by atoms with Crippen molar-refractivity contribution in [3.05, 3.63) is 52.9 Å². The molecule has 122 valence electrons. The SMILES string of the molecule is Cc1noc(C)c1COC(=O)[C@@H](CO)NC(=O)c1ccccc1. The van der Waals surface area contributed by atoms with Crippen LogP contribution in [-0.2, 0) is 16.1 Å². The van der Waals surface area contributed by atoms with E-state index in [1.165, 1.54) is 0 Å². The Balaban J connectivity index is 1.95. The van der Waals surface area contributed by atoms with Gasteiger partial charge in [0.05, 0.1) is 17.9 Å². The van der Waals surface area contributed by atoms with Crippen LogP contribution in [0.25, 0.3) is 0 Å². The third-order valence-corrected chi connectivity index (χ3v) is 3.35. The van der Waals surface area contributed by atoms with Crippen molar-refractivity contribution in [1.29, 1.82) is 0 Å². The number of benzene rings is 1. The highest BCUT2D eigenvalue weighted by atomic mass is 16.5. The van der Waals surface area contributed by atoms with E-state index < -0.39 is 24.5 Å². The number of carbonyl (C=O) groups is 2. The zero-order chi connectivity index (χ0) is 16.8. The summed E-state index contributed by atoms with van der Waals surface area (Å²) < 4.78 is 10.1. The Labute approximate surface area is 133 Å². The van der Waals surface area contributed by atoms with Gasteiger partial charge in [-0.05, 0) is 26.0 Å². The molecule has 0 bridgehead atoms. The molecule has 0 saturated carbocycles. The van der Waals surface area contributed by atoms with Crippen molar-refractivity contribution in [2.24, 2.45) is 0 Å². The molecule has 0 spiro atoms. The van der Waals surface area contributed by atoms with E-state index >= 15 is 0 Å². The van der Waals surface area contributed by atoms with Crippen molar-refractivity contribution >= 4 is 11.9 Å². The van der Waals surface area contributed by atoms with E-state index in [-0.39, 0.29) is 6.61 Å². The number of rotatable bonds is 6. The molecule has 2 N–H and O–H groups in total. The summed E-state index contributed by atoms with van der Waals surface area (Å²) in [6.07, 6.45) is 0. The van der Waals surface area contributed by atoms with Crippen molar-refractivity contribution < 1.29 is 24.0 Å². The Morgan fingerprint density at radius 2 is 2.00 bits per heavy atom. The van der Waals surface area contributed by atoms with Gasteiger partial charge in [0.1, 0.15) is 12.4 Å². The maximum Gasteiger partial charge on any atom is 0.331 e. The fourth-order valence-corrected chi connectivity index (χ4v) is 1.96. The molecule has 23 heavy (non-hydrogen) atoms.